The van der Waals surface area contributed by atoms with E-state index in [9.17, 15) is 4.79 Å². The highest BCUT2D eigenvalue weighted by molar-refractivity contribution is 6.03. The van der Waals surface area contributed by atoms with Crippen molar-refractivity contribution in [3.05, 3.63) is 60.1 Å². The average Bonchev–Trinajstić information content (AvgIpc) is 2.88. The predicted molar refractivity (Wildman–Crippen MR) is 81.4 cm³/mol. The number of carbonyl (C=O) groups excluding carboxylic acids is 1. The molecule has 6 nitrogen and oxygen atoms in total. The highest BCUT2D eigenvalue weighted by Gasteiger charge is 2.15. The van der Waals surface area contributed by atoms with Crippen LogP contribution in [0.1, 0.15) is 22.1 Å². The monoisotopic (exact) mass is 294 g/mol. The first-order valence-electron chi connectivity index (χ1n) is 6.76. The number of nitrogens with zero attached hydrogens (tertiary/aromatic N) is 3. The van der Waals surface area contributed by atoms with Gasteiger partial charge in [0.15, 0.2) is 17.4 Å². The van der Waals surface area contributed by atoms with Crippen molar-refractivity contribution in [3.8, 4) is 11.4 Å². The molecule has 6 heteroatoms. The summed E-state index contributed by atoms with van der Waals surface area (Å²) >= 11 is 0. The third-order valence-corrected chi connectivity index (χ3v) is 3.06. The number of carbonyl (C=O) groups is 1. The SMILES string of the molecule is Cc1nc(C(=O)Nc2cnc(-c3ccccc3)nc2)c(C)o1. The zero-order valence-corrected chi connectivity index (χ0v) is 12.2. The standard InChI is InChI=1S/C16H14N4O2/c1-10-14(19-11(2)22-10)16(21)20-13-8-17-15(18-9-13)12-6-4-3-5-7-12/h3-9H,1-2H3,(H,20,21). The van der Waals surface area contributed by atoms with Crippen molar-refractivity contribution < 1.29 is 9.21 Å². The minimum Gasteiger partial charge on any atom is -0.445 e. The molecule has 2 heterocycles. The van der Waals surface area contributed by atoms with Crippen LogP contribution in [0, 0.1) is 13.8 Å². The Bertz CT molecular complexity index is 795. The van der Waals surface area contributed by atoms with Crippen molar-refractivity contribution in [1.82, 2.24) is 15.0 Å². The Kier molecular flexibility index (Phi) is 3.65. The van der Waals surface area contributed by atoms with Gasteiger partial charge in [-0.05, 0) is 6.92 Å². The number of hydrogen-bond acceptors (Lipinski definition) is 5. The summed E-state index contributed by atoms with van der Waals surface area (Å²) in [4.78, 5) is 24.7. The van der Waals surface area contributed by atoms with Crippen LogP contribution in [0.2, 0.25) is 0 Å². The normalized spacial score (nSPS) is 10.5. The number of rotatable bonds is 3. The molecule has 3 aromatic rings. The van der Waals surface area contributed by atoms with Crippen molar-refractivity contribution in [2.75, 3.05) is 5.32 Å². The minimum atomic E-state index is -0.342. The molecule has 0 fully saturated rings. The number of amides is 1. The van der Waals surface area contributed by atoms with Gasteiger partial charge in [0.25, 0.3) is 5.91 Å². The van der Waals surface area contributed by atoms with E-state index in [2.05, 4.69) is 20.3 Å². The maximum atomic E-state index is 12.1. The summed E-state index contributed by atoms with van der Waals surface area (Å²) in [5, 5.41) is 2.70. The Morgan fingerprint density at radius 1 is 1.09 bits per heavy atom. The molecule has 0 unspecified atom stereocenters. The van der Waals surface area contributed by atoms with Crippen molar-refractivity contribution in [2.24, 2.45) is 0 Å². The second-order valence-corrected chi connectivity index (χ2v) is 4.75. The van der Waals surface area contributed by atoms with Gasteiger partial charge in [-0.15, -0.1) is 0 Å². The largest absolute Gasteiger partial charge is 0.445 e. The predicted octanol–water partition coefficient (Wildman–Crippen LogP) is 3.00. The van der Waals surface area contributed by atoms with Crippen LogP contribution in [-0.4, -0.2) is 20.9 Å². The van der Waals surface area contributed by atoms with Gasteiger partial charge in [-0.2, -0.15) is 0 Å². The highest BCUT2D eigenvalue weighted by Crippen LogP contribution is 2.16. The van der Waals surface area contributed by atoms with Crippen molar-refractivity contribution >= 4 is 11.6 Å². The van der Waals surface area contributed by atoms with Crippen molar-refractivity contribution in [1.29, 1.82) is 0 Å². The molecule has 1 N–H and O–H groups in total. The average molecular weight is 294 g/mol. The number of nitrogens with one attached hydrogen (secondary N) is 1. The van der Waals surface area contributed by atoms with Crippen molar-refractivity contribution in [3.63, 3.8) is 0 Å². The summed E-state index contributed by atoms with van der Waals surface area (Å²) in [6.07, 6.45) is 3.13. The molecule has 0 aliphatic heterocycles. The fourth-order valence-corrected chi connectivity index (χ4v) is 2.06. The number of anilines is 1. The molecule has 1 amide bonds. The summed E-state index contributed by atoms with van der Waals surface area (Å²) in [5.74, 6) is 1.20. The zero-order valence-electron chi connectivity index (χ0n) is 12.2. The minimum absolute atomic E-state index is 0.268. The molecule has 0 radical (unpaired) electrons. The van der Waals surface area contributed by atoms with Crippen LogP contribution in [-0.2, 0) is 0 Å². The molecule has 1 aromatic carbocycles. The molecular formula is C16H14N4O2. The summed E-state index contributed by atoms with van der Waals surface area (Å²) in [6.45, 7) is 3.39. The summed E-state index contributed by atoms with van der Waals surface area (Å²) in [5.41, 5.74) is 1.69. The quantitative estimate of drug-likeness (QED) is 0.803. The summed E-state index contributed by atoms with van der Waals surface area (Å²) in [6, 6.07) is 9.62. The van der Waals surface area contributed by atoms with E-state index in [1.54, 1.807) is 26.2 Å². The van der Waals surface area contributed by atoms with Gasteiger partial charge in [0, 0.05) is 12.5 Å². The number of aryl methyl sites for hydroxylation is 2. The molecule has 2 aromatic heterocycles. The Hall–Kier alpha value is -3.02. The van der Waals surface area contributed by atoms with Crippen molar-refractivity contribution in [2.45, 2.75) is 13.8 Å². The number of hydrogen-bond donors (Lipinski definition) is 1. The van der Waals surface area contributed by atoms with E-state index in [-0.39, 0.29) is 11.6 Å². The lowest BCUT2D eigenvalue weighted by Crippen LogP contribution is -2.14. The first-order valence-corrected chi connectivity index (χ1v) is 6.76. The third-order valence-electron chi connectivity index (χ3n) is 3.06. The smallest absolute Gasteiger partial charge is 0.277 e. The number of aromatic nitrogens is 3. The first-order chi connectivity index (χ1) is 10.6. The van der Waals surface area contributed by atoms with Gasteiger partial charge in [0.2, 0.25) is 0 Å². The van der Waals surface area contributed by atoms with Gasteiger partial charge in [0.1, 0.15) is 5.76 Å². The Labute approximate surface area is 127 Å². The molecule has 0 aliphatic rings. The number of oxazole rings is 1. The van der Waals surface area contributed by atoms with Crippen LogP contribution < -0.4 is 5.32 Å². The Morgan fingerprint density at radius 2 is 1.77 bits per heavy atom. The molecule has 0 aliphatic carbocycles. The van der Waals surface area contributed by atoms with Crippen LogP contribution in [0.15, 0.2) is 47.1 Å². The van der Waals surface area contributed by atoms with Gasteiger partial charge in [-0.25, -0.2) is 15.0 Å². The summed E-state index contributed by atoms with van der Waals surface area (Å²) < 4.78 is 5.25. The van der Waals surface area contributed by atoms with Gasteiger partial charge < -0.3 is 9.73 Å². The molecule has 3 rings (SSSR count). The number of benzene rings is 1. The van der Waals surface area contributed by atoms with Gasteiger partial charge in [-0.3, -0.25) is 4.79 Å². The fraction of sp³-hybridized carbons (Fsp3) is 0.125. The maximum absolute atomic E-state index is 12.1. The van der Waals surface area contributed by atoms with Crippen LogP contribution in [0.4, 0.5) is 5.69 Å². The van der Waals surface area contributed by atoms with Crippen LogP contribution in [0.25, 0.3) is 11.4 Å². The lowest BCUT2D eigenvalue weighted by atomic mass is 10.2. The Balaban J connectivity index is 1.76. The van der Waals surface area contributed by atoms with E-state index in [1.165, 1.54) is 0 Å². The molecule has 110 valence electrons. The van der Waals surface area contributed by atoms with E-state index in [1.807, 2.05) is 30.3 Å². The fourth-order valence-electron chi connectivity index (χ4n) is 2.06. The van der Waals surface area contributed by atoms with E-state index in [0.29, 0.717) is 23.2 Å². The Morgan fingerprint density at radius 3 is 2.36 bits per heavy atom. The molecule has 0 saturated carbocycles. The van der Waals surface area contributed by atoms with Gasteiger partial charge in [0.05, 0.1) is 18.1 Å². The van der Waals surface area contributed by atoms with E-state index >= 15 is 0 Å². The molecular weight excluding hydrogens is 280 g/mol. The molecule has 22 heavy (non-hydrogen) atoms. The van der Waals surface area contributed by atoms with Crippen LogP contribution in [0.5, 0.6) is 0 Å². The first kappa shape index (κ1) is 13.9. The van der Waals surface area contributed by atoms with Gasteiger partial charge >= 0.3 is 0 Å². The summed E-state index contributed by atoms with van der Waals surface area (Å²) in [7, 11) is 0. The topological polar surface area (TPSA) is 80.9 Å². The van der Waals surface area contributed by atoms with Crippen LogP contribution >= 0.6 is 0 Å². The van der Waals surface area contributed by atoms with E-state index in [4.69, 9.17) is 4.42 Å². The third kappa shape index (κ3) is 2.85. The van der Waals surface area contributed by atoms with E-state index < -0.39 is 0 Å². The lowest BCUT2D eigenvalue weighted by molar-refractivity contribution is 0.102. The molecule has 0 atom stereocenters. The lowest BCUT2D eigenvalue weighted by Gasteiger charge is -2.04. The molecule has 0 saturated heterocycles. The molecule has 0 bridgehead atoms. The van der Waals surface area contributed by atoms with Crippen LogP contribution in [0.3, 0.4) is 0 Å². The van der Waals surface area contributed by atoms with Gasteiger partial charge in [-0.1, -0.05) is 30.3 Å². The maximum Gasteiger partial charge on any atom is 0.277 e. The molecule has 0 spiro atoms. The second-order valence-electron chi connectivity index (χ2n) is 4.75. The second kappa shape index (κ2) is 5.77. The van der Waals surface area contributed by atoms with E-state index in [0.717, 1.165) is 5.56 Å². The highest BCUT2D eigenvalue weighted by atomic mass is 16.4. The zero-order chi connectivity index (χ0) is 15.5.